The minimum atomic E-state index is -3.74. The van der Waals surface area contributed by atoms with E-state index in [1.807, 2.05) is 18.9 Å². The summed E-state index contributed by atoms with van der Waals surface area (Å²) in [5.74, 6) is 0.106. The maximum atomic E-state index is 13.0. The van der Waals surface area contributed by atoms with Crippen LogP contribution in [0.2, 0.25) is 0 Å². The normalized spacial score (nSPS) is 24.4. The molecule has 0 spiro atoms. The fourth-order valence-corrected chi connectivity index (χ4v) is 4.82. The fraction of sp³-hybridized carbons (Fsp3) is 0.571. The van der Waals surface area contributed by atoms with E-state index < -0.39 is 14.9 Å². The lowest BCUT2D eigenvalue weighted by atomic mass is 10.0. The van der Waals surface area contributed by atoms with E-state index in [4.69, 9.17) is 0 Å². The number of nitro groups is 1. The van der Waals surface area contributed by atoms with E-state index in [-0.39, 0.29) is 28.6 Å². The highest BCUT2D eigenvalue weighted by Gasteiger charge is 2.43. The Morgan fingerprint density at radius 2 is 1.92 bits per heavy atom. The smallest absolute Gasteiger partial charge is 0.269 e. The Kier molecular flexibility index (Phi) is 4.26. The largest absolute Gasteiger partial charge is 0.271 e. The molecule has 9 nitrogen and oxygen atoms in total. The van der Waals surface area contributed by atoms with Crippen LogP contribution in [0.25, 0.3) is 0 Å². The van der Waals surface area contributed by atoms with Crippen molar-refractivity contribution in [2.24, 2.45) is 16.3 Å². The van der Waals surface area contributed by atoms with Crippen LogP contribution in [0.5, 0.6) is 0 Å². The molecule has 1 aromatic rings. The minimum absolute atomic E-state index is 0.0483. The molecule has 0 aliphatic carbocycles. The molecule has 10 heteroatoms. The van der Waals surface area contributed by atoms with Gasteiger partial charge >= 0.3 is 0 Å². The lowest BCUT2D eigenvalue weighted by Crippen LogP contribution is -2.59. The van der Waals surface area contributed by atoms with Gasteiger partial charge in [-0.1, -0.05) is 19.1 Å². The van der Waals surface area contributed by atoms with Gasteiger partial charge in [-0.3, -0.25) is 15.1 Å². The van der Waals surface area contributed by atoms with Gasteiger partial charge in [-0.15, -0.1) is 0 Å². The van der Waals surface area contributed by atoms with Crippen LogP contribution >= 0.6 is 0 Å². The fourth-order valence-electron chi connectivity index (χ4n) is 3.04. The van der Waals surface area contributed by atoms with Crippen LogP contribution in [0.1, 0.15) is 13.8 Å². The first-order chi connectivity index (χ1) is 11.3. The van der Waals surface area contributed by atoms with Crippen molar-refractivity contribution < 1.29 is 13.3 Å². The van der Waals surface area contributed by atoms with E-state index in [0.717, 1.165) is 0 Å². The summed E-state index contributed by atoms with van der Waals surface area (Å²) in [6.07, 6.45) is 0. The monoisotopic (exact) mass is 353 g/mol. The van der Waals surface area contributed by atoms with E-state index in [0.29, 0.717) is 19.6 Å². The van der Waals surface area contributed by atoms with Gasteiger partial charge in [0, 0.05) is 24.7 Å². The van der Waals surface area contributed by atoms with E-state index in [1.165, 1.54) is 28.6 Å². The minimum Gasteiger partial charge on any atom is -0.271 e. The standard InChI is InChI=1S/C14H19N5O4S/c1-10(2)14-9-17-12(7-15-16-17)8-18(14)24(22,23)13-5-3-11(4-6-13)19(20)21/h3-6,10,12,14H,7-9H2,1-2H3/t12-,14+/m0/s1. The van der Waals surface area contributed by atoms with Crippen molar-refractivity contribution in [3.8, 4) is 0 Å². The van der Waals surface area contributed by atoms with Crippen molar-refractivity contribution in [3.63, 3.8) is 0 Å². The number of fused-ring (bicyclic) bond motifs is 1. The number of hydrogen-bond acceptors (Lipinski definition) is 7. The third-order valence-corrected chi connectivity index (χ3v) is 6.36. The second-order valence-electron chi connectivity index (χ2n) is 6.33. The molecule has 24 heavy (non-hydrogen) atoms. The van der Waals surface area contributed by atoms with Crippen LogP contribution in [0, 0.1) is 16.0 Å². The molecular formula is C14H19N5O4S. The SMILES string of the molecule is CC(C)[C@H]1CN2N=NC[C@H]2CN1S(=O)(=O)c1ccc([N+](=O)[O-])cc1. The predicted molar refractivity (Wildman–Crippen MR) is 85.8 cm³/mol. The Labute approximate surface area is 140 Å². The predicted octanol–water partition coefficient (Wildman–Crippen LogP) is 1.68. The highest BCUT2D eigenvalue weighted by molar-refractivity contribution is 7.89. The Bertz CT molecular complexity index is 762. The second-order valence-corrected chi connectivity index (χ2v) is 8.22. The molecule has 0 saturated carbocycles. The number of nitro benzene ring substituents is 1. The van der Waals surface area contributed by atoms with Gasteiger partial charge in [0.25, 0.3) is 5.69 Å². The lowest BCUT2D eigenvalue weighted by molar-refractivity contribution is -0.384. The van der Waals surface area contributed by atoms with Gasteiger partial charge in [0.05, 0.1) is 29.0 Å². The molecule has 0 amide bonds. The topological polar surface area (TPSA) is 108 Å². The second kappa shape index (κ2) is 6.10. The van der Waals surface area contributed by atoms with Crippen LogP contribution in [0.3, 0.4) is 0 Å². The Morgan fingerprint density at radius 3 is 2.50 bits per heavy atom. The van der Waals surface area contributed by atoms with Gasteiger partial charge in [0.1, 0.15) is 0 Å². The summed E-state index contributed by atoms with van der Waals surface area (Å²) in [6.45, 7) is 5.23. The van der Waals surface area contributed by atoms with E-state index in [1.54, 1.807) is 0 Å². The maximum absolute atomic E-state index is 13.0. The first-order valence-corrected chi connectivity index (χ1v) is 9.15. The lowest BCUT2D eigenvalue weighted by Gasteiger charge is -2.42. The van der Waals surface area contributed by atoms with Gasteiger partial charge in [0.15, 0.2) is 0 Å². The van der Waals surface area contributed by atoms with Crippen molar-refractivity contribution in [3.05, 3.63) is 34.4 Å². The molecule has 0 unspecified atom stereocenters. The van der Waals surface area contributed by atoms with Gasteiger partial charge < -0.3 is 0 Å². The summed E-state index contributed by atoms with van der Waals surface area (Å²) in [5, 5.41) is 20.7. The molecule has 0 bridgehead atoms. The Hall–Kier alpha value is -2.07. The van der Waals surface area contributed by atoms with Crippen LogP contribution in [0.15, 0.2) is 39.5 Å². The van der Waals surface area contributed by atoms with Crippen LogP contribution < -0.4 is 0 Å². The quantitative estimate of drug-likeness (QED) is 0.604. The first kappa shape index (κ1) is 16.8. The molecule has 1 saturated heterocycles. The molecule has 2 atom stereocenters. The van der Waals surface area contributed by atoms with Crippen LogP contribution in [-0.2, 0) is 10.0 Å². The molecule has 130 valence electrons. The Morgan fingerprint density at radius 1 is 1.25 bits per heavy atom. The first-order valence-electron chi connectivity index (χ1n) is 7.71. The number of benzene rings is 1. The van der Waals surface area contributed by atoms with E-state index >= 15 is 0 Å². The summed E-state index contributed by atoms with van der Waals surface area (Å²) in [7, 11) is -3.74. The van der Waals surface area contributed by atoms with Gasteiger partial charge in [-0.25, -0.2) is 8.42 Å². The highest BCUT2D eigenvalue weighted by Crippen LogP contribution is 2.30. The molecule has 2 aliphatic heterocycles. The van der Waals surface area contributed by atoms with Crippen LogP contribution in [-0.4, -0.2) is 54.4 Å². The molecule has 2 heterocycles. The number of rotatable bonds is 4. The van der Waals surface area contributed by atoms with E-state index in [9.17, 15) is 18.5 Å². The van der Waals surface area contributed by atoms with Gasteiger partial charge in [-0.05, 0) is 18.1 Å². The van der Waals surface area contributed by atoms with Crippen molar-refractivity contribution in [2.45, 2.75) is 30.8 Å². The van der Waals surface area contributed by atoms with Crippen LogP contribution in [0.4, 0.5) is 5.69 Å². The van der Waals surface area contributed by atoms with E-state index in [2.05, 4.69) is 10.3 Å². The average molecular weight is 353 g/mol. The third kappa shape index (κ3) is 2.86. The molecule has 0 radical (unpaired) electrons. The van der Waals surface area contributed by atoms with Crippen molar-refractivity contribution >= 4 is 15.7 Å². The number of hydrogen-bond donors (Lipinski definition) is 0. The molecule has 3 rings (SSSR count). The highest BCUT2D eigenvalue weighted by atomic mass is 32.2. The summed E-state index contributed by atoms with van der Waals surface area (Å²) in [4.78, 5) is 10.3. The number of sulfonamides is 1. The Balaban J connectivity index is 1.92. The third-order valence-electron chi connectivity index (χ3n) is 4.45. The summed E-state index contributed by atoms with van der Waals surface area (Å²) < 4.78 is 27.6. The molecular weight excluding hydrogens is 334 g/mol. The molecule has 1 aromatic carbocycles. The maximum Gasteiger partial charge on any atom is 0.269 e. The molecule has 0 aromatic heterocycles. The zero-order valence-corrected chi connectivity index (χ0v) is 14.3. The van der Waals surface area contributed by atoms with Crippen molar-refractivity contribution in [2.75, 3.05) is 19.6 Å². The molecule has 1 fully saturated rings. The zero-order valence-electron chi connectivity index (χ0n) is 13.4. The van der Waals surface area contributed by atoms with Gasteiger partial charge in [0.2, 0.25) is 10.0 Å². The number of nitrogens with zero attached hydrogens (tertiary/aromatic N) is 5. The summed E-state index contributed by atoms with van der Waals surface area (Å²) in [5.41, 5.74) is -0.132. The summed E-state index contributed by atoms with van der Waals surface area (Å²) >= 11 is 0. The van der Waals surface area contributed by atoms with Crippen molar-refractivity contribution in [1.29, 1.82) is 0 Å². The molecule has 0 N–H and O–H groups in total. The average Bonchev–Trinajstić information content (AvgIpc) is 3.01. The number of non-ortho nitro benzene ring substituents is 1. The van der Waals surface area contributed by atoms with Gasteiger partial charge in [-0.2, -0.15) is 9.42 Å². The zero-order chi connectivity index (χ0) is 17.5. The molecule has 2 aliphatic rings. The number of piperazine rings is 1. The van der Waals surface area contributed by atoms with Crippen molar-refractivity contribution in [1.82, 2.24) is 9.31 Å². The summed E-state index contributed by atoms with van der Waals surface area (Å²) in [6, 6.07) is 4.74.